The van der Waals surface area contributed by atoms with Gasteiger partial charge in [0, 0.05) is 32.8 Å². The zero-order valence-electron chi connectivity index (χ0n) is 15.7. The number of amides is 2. The Morgan fingerprint density at radius 1 is 1.35 bits per heavy atom. The summed E-state index contributed by atoms with van der Waals surface area (Å²) in [5.74, 6) is -0.635. The molecule has 0 N–H and O–H groups in total. The summed E-state index contributed by atoms with van der Waals surface area (Å²) in [6.45, 7) is 7.57. The van der Waals surface area contributed by atoms with E-state index in [2.05, 4.69) is 11.9 Å². The smallest absolute Gasteiger partial charge is 0.230 e. The Morgan fingerprint density at radius 2 is 2.19 bits per heavy atom. The lowest BCUT2D eigenvalue weighted by molar-refractivity contribution is -0.143. The molecule has 3 fully saturated rings. The molecule has 1 spiro atoms. The summed E-state index contributed by atoms with van der Waals surface area (Å²) in [6.07, 6.45) is 4.72. The number of fused-ring (bicyclic) bond motifs is 1. The summed E-state index contributed by atoms with van der Waals surface area (Å²) in [5.41, 5.74) is -0.614. The first-order valence-corrected chi connectivity index (χ1v) is 9.77. The first-order valence-electron chi connectivity index (χ1n) is 9.77. The summed E-state index contributed by atoms with van der Waals surface area (Å²) >= 11 is 0. The summed E-state index contributed by atoms with van der Waals surface area (Å²) < 4.78 is 11.6. The maximum Gasteiger partial charge on any atom is 0.230 e. The van der Waals surface area contributed by atoms with Crippen molar-refractivity contribution in [1.82, 2.24) is 14.7 Å². The standard InChI is InChI=1S/C19H29N3O4/c1-3-25-12-11-22-13-19-6-5-14(26-19)15(16(19)18(22)24)17(23)21-8-4-7-20(2)9-10-21/h5-6,14-16H,3-4,7-13H2,1-2H3/t14-,15-,16+,19-/m0/s1. The Labute approximate surface area is 154 Å². The zero-order chi connectivity index (χ0) is 18.3. The summed E-state index contributed by atoms with van der Waals surface area (Å²) in [5, 5.41) is 0. The predicted molar refractivity (Wildman–Crippen MR) is 95.5 cm³/mol. The molecule has 0 aromatic carbocycles. The molecule has 2 bridgehead atoms. The molecule has 4 aliphatic rings. The van der Waals surface area contributed by atoms with Crippen LogP contribution in [0.3, 0.4) is 0 Å². The number of rotatable bonds is 5. The highest BCUT2D eigenvalue weighted by molar-refractivity contribution is 5.93. The molecule has 4 atom stereocenters. The van der Waals surface area contributed by atoms with Gasteiger partial charge < -0.3 is 24.2 Å². The molecule has 144 valence electrons. The Balaban J connectivity index is 1.50. The predicted octanol–water partition coefficient (Wildman–Crippen LogP) is -0.0310. The van der Waals surface area contributed by atoms with Gasteiger partial charge in [-0.3, -0.25) is 9.59 Å². The van der Waals surface area contributed by atoms with Gasteiger partial charge in [-0.15, -0.1) is 0 Å². The molecular weight excluding hydrogens is 334 g/mol. The molecular formula is C19H29N3O4. The number of hydrogen-bond donors (Lipinski definition) is 0. The normalized spacial score (nSPS) is 36.7. The van der Waals surface area contributed by atoms with Crippen LogP contribution >= 0.6 is 0 Å². The van der Waals surface area contributed by atoms with E-state index in [4.69, 9.17) is 9.47 Å². The lowest BCUT2D eigenvalue weighted by Crippen LogP contribution is -2.47. The van der Waals surface area contributed by atoms with Gasteiger partial charge in [0.05, 0.1) is 31.1 Å². The SMILES string of the molecule is CCOCCN1C[C@]23C=C[C@H](O2)[C@H](C(=O)N2CCCN(C)CC2)[C@@H]3C1=O. The van der Waals surface area contributed by atoms with Crippen molar-refractivity contribution < 1.29 is 19.1 Å². The first-order chi connectivity index (χ1) is 12.6. The molecule has 0 unspecified atom stereocenters. The molecule has 4 rings (SSSR count). The van der Waals surface area contributed by atoms with Gasteiger partial charge in [0.1, 0.15) is 5.60 Å². The highest BCUT2D eigenvalue weighted by atomic mass is 16.5. The fourth-order valence-electron chi connectivity index (χ4n) is 4.85. The van der Waals surface area contributed by atoms with E-state index in [-0.39, 0.29) is 29.8 Å². The molecule has 0 radical (unpaired) electrons. The average Bonchev–Trinajstić information content (AvgIpc) is 3.19. The van der Waals surface area contributed by atoms with E-state index in [1.807, 2.05) is 28.9 Å². The number of nitrogens with zero attached hydrogens (tertiary/aromatic N) is 3. The van der Waals surface area contributed by atoms with Crippen LogP contribution in [0.4, 0.5) is 0 Å². The molecule has 0 saturated carbocycles. The van der Waals surface area contributed by atoms with Crippen LogP contribution in [0.15, 0.2) is 12.2 Å². The number of likely N-dealkylation sites (tertiary alicyclic amines) is 1. The minimum Gasteiger partial charge on any atom is -0.380 e. The van der Waals surface area contributed by atoms with Crippen molar-refractivity contribution in [2.24, 2.45) is 11.8 Å². The maximum atomic E-state index is 13.3. The number of ether oxygens (including phenoxy) is 2. The molecule has 2 amide bonds. The number of hydrogen-bond acceptors (Lipinski definition) is 5. The fourth-order valence-corrected chi connectivity index (χ4v) is 4.85. The van der Waals surface area contributed by atoms with Crippen LogP contribution < -0.4 is 0 Å². The lowest BCUT2D eigenvalue weighted by atomic mass is 9.76. The van der Waals surface area contributed by atoms with Crippen molar-refractivity contribution in [3.05, 3.63) is 12.2 Å². The van der Waals surface area contributed by atoms with Gasteiger partial charge in [0.2, 0.25) is 11.8 Å². The number of carbonyl (C=O) groups is 2. The van der Waals surface area contributed by atoms with E-state index in [1.165, 1.54) is 0 Å². The van der Waals surface area contributed by atoms with Crippen molar-refractivity contribution in [3.8, 4) is 0 Å². The van der Waals surface area contributed by atoms with Crippen LogP contribution in [-0.4, -0.2) is 97.7 Å². The van der Waals surface area contributed by atoms with E-state index in [1.54, 1.807) is 0 Å². The monoisotopic (exact) mass is 363 g/mol. The molecule has 7 heteroatoms. The van der Waals surface area contributed by atoms with Crippen molar-refractivity contribution in [1.29, 1.82) is 0 Å². The molecule has 26 heavy (non-hydrogen) atoms. The second-order valence-corrected chi connectivity index (χ2v) is 7.84. The minimum absolute atomic E-state index is 0.0434. The van der Waals surface area contributed by atoms with Gasteiger partial charge in [0.25, 0.3) is 0 Å². The fraction of sp³-hybridized carbons (Fsp3) is 0.789. The second kappa shape index (κ2) is 6.94. The van der Waals surface area contributed by atoms with E-state index in [9.17, 15) is 9.59 Å². The summed E-state index contributed by atoms with van der Waals surface area (Å²) in [6, 6.07) is 0. The van der Waals surface area contributed by atoms with Gasteiger partial charge in [-0.2, -0.15) is 0 Å². The van der Waals surface area contributed by atoms with Gasteiger partial charge in [0.15, 0.2) is 0 Å². The zero-order valence-corrected chi connectivity index (χ0v) is 15.7. The van der Waals surface area contributed by atoms with Gasteiger partial charge in [-0.05, 0) is 26.9 Å². The van der Waals surface area contributed by atoms with Gasteiger partial charge in [-0.25, -0.2) is 0 Å². The van der Waals surface area contributed by atoms with Crippen LogP contribution in [0.2, 0.25) is 0 Å². The van der Waals surface area contributed by atoms with Crippen LogP contribution in [0, 0.1) is 11.8 Å². The molecule has 4 heterocycles. The Bertz CT molecular complexity index is 610. The van der Waals surface area contributed by atoms with Crippen molar-refractivity contribution in [2.45, 2.75) is 25.0 Å². The highest BCUT2D eigenvalue weighted by Crippen LogP contribution is 2.52. The Morgan fingerprint density at radius 3 is 3.00 bits per heavy atom. The third-order valence-corrected chi connectivity index (χ3v) is 6.20. The Kier molecular flexibility index (Phi) is 4.79. The minimum atomic E-state index is -0.614. The Hall–Kier alpha value is -1.44. The first kappa shape index (κ1) is 17.9. The third kappa shape index (κ3) is 2.86. The molecule has 4 aliphatic heterocycles. The molecule has 3 saturated heterocycles. The van der Waals surface area contributed by atoms with Gasteiger partial charge in [-0.1, -0.05) is 12.2 Å². The number of carbonyl (C=O) groups excluding carboxylic acids is 2. The van der Waals surface area contributed by atoms with Crippen molar-refractivity contribution in [3.63, 3.8) is 0 Å². The molecule has 0 aromatic rings. The van der Waals surface area contributed by atoms with E-state index in [0.717, 1.165) is 32.6 Å². The van der Waals surface area contributed by atoms with Crippen LogP contribution in [0.25, 0.3) is 0 Å². The summed E-state index contributed by atoms with van der Waals surface area (Å²) in [7, 11) is 2.09. The van der Waals surface area contributed by atoms with Crippen LogP contribution in [-0.2, 0) is 19.1 Å². The highest BCUT2D eigenvalue weighted by Gasteiger charge is 2.67. The molecule has 0 aliphatic carbocycles. The maximum absolute atomic E-state index is 13.3. The van der Waals surface area contributed by atoms with E-state index >= 15 is 0 Å². The topological polar surface area (TPSA) is 62.3 Å². The molecule has 0 aromatic heterocycles. The second-order valence-electron chi connectivity index (χ2n) is 7.84. The largest absolute Gasteiger partial charge is 0.380 e. The third-order valence-electron chi connectivity index (χ3n) is 6.20. The van der Waals surface area contributed by atoms with E-state index in [0.29, 0.717) is 26.3 Å². The van der Waals surface area contributed by atoms with Crippen molar-refractivity contribution >= 4 is 11.8 Å². The van der Waals surface area contributed by atoms with Crippen LogP contribution in [0.1, 0.15) is 13.3 Å². The lowest BCUT2D eigenvalue weighted by Gasteiger charge is -2.29. The van der Waals surface area contributed by atoms with Crippen LogP contribution in [0.5, 0.6) is 0 Å². The summed E-state index contributed by atoms with van der Waals surface area (Å²) in [4.78, 5) is 32.4. The molecule has 7 nitrogen and oxygen atoms in total. The number of likely N-dealkylation sites (N-methyl/N-ethyl adjacent to an activating group) is 1. The average molecular weight is 363 g/mol. The van der Waals surface area contributed by atoms with E-state index < -0.39 is 5.60 Å². The quantitative estimate of drug-likeness (QED) is 0.507. The van der Waals surface area contributed by atoms with Crippen molar-refractivity contribution in [2.75, 3.05) is 59.5 Å². The van der Waals surface area contributed by atoms with Gasteiger partial charge >= 0.3 is 0 Å².